The molecule has 0 saturated carbocycles. The molecule has 2 aliphatic heterocycles. The van der Waals surface area contributed by atoms with Crippen molar-refractivity contribution in [3.8, 4) is 5.75 Å². The average molecular weight is 359 g/mol. The molecule has 26 heavy (non-hydrogen) atoms. The summed E-state index contributed by atoms with van der Waals surface area (Å²) in [6, 6.07) is 7.00. The molecule has 3 rings (SSSR count). The first kappa shape index (κ1) is 18.0. The maximum atomic E-state index is 12.4. The van der Waals surface area contributed by atoms with Gasteiger partial charge in [0.2, 0.25) is 0 Å². The highest BCUT2D eigenvalue weighted by Crippen LogP contribution is 2.21. The lowest BCUT2D eigenvalue weighted by Crippen LogP contribution is -2.64. The normalized spacial score (nSPS) is 23.7. The predicted octanol–water partition coefficient (Wildman–Crippen LogP) is 0.785. The fraction of sp³-hybridized carbons (Fsp3) is 0.500. The largest absolute Gasteiger partial charge is 0.497 e. The van der Waals surface area contributed by atoms with Crippen LogP contribution < -0.4 is 15.4 Å². The fourth-order valence-electron chi connectivity index (χ4n) is 3.22. The second-order valence-electron chi connectivity index (χ2n) is 6.44. The van der Waals surface area contributed by atoms with E-state index in [1.165, 1.54) is 4.90 Å². The molecule has 2 aliphatic rings. The molecule has 2 unspecified atom stereocenters. The number of fused-ring (bicyclic) bond motifs is 1. The van der Waals surface area contributed by atoms with Crippen LogP contribution in [0.25, 0.3) is 0 Å². The summed E-state index contributed by atoms with van der Waals surface area (Å²) in [6.45, 7) is 3.34. The van der Waals surface area contributed by atoms with Gasteiger partial charge in [-0.1, -0.05) is 19.1 Å². The lowest BCUT2D eigenvalue weighted by Gasteiger charge is -2.35. The number of likely N-dealkylation sites (N-methyl/N-ethyl adjacent to an activating group) is 1. The zero-order chi connectivity index (χ0) is 18.7. The Labute approximate surface area is 153 Å². The molecular weight excluding hydrogens is 334 g/mol. The van der Waals surface area contributed by atoms with E-state index in [2.05, 4.69) is 22.5 Å². The number of carbonyl (C=O) groups excluding carboxylic acids is 2. The van der Waals surface area contributed by atoms with E-state index in [1.807, 2.05) is 29.2 Å². The minimum atomic E-state index is -0.480. The van der Waals surface area contributed by atoms with E-state index in [-0.39, 0.29) is 5.91 Å². The van der Waals surface area contributed by atoms with E-state index in [1.54, 1.807) is 14.2 Å². The van der Waals surface area contributed by atoms with Crippen LogP contribution in [0.3, 0.4) is 0 Å². The standard InChI is InChI=1S/C18H25N5O3/c1-4-10-19-17-20-15-14(16(24)21-18(25)22(15)2)23(17)11-9-12-5-7-13(26-3)8-6-12/h5-8,14-15H,4,9-11H2,1-3H3,(H,19,20)(H,21,24,25). The highest BCUT2D eigenvalue weighted by molar-refractivity contribution is 6.04. The first-order valence-corrected chi connectivity index (χ1v) is 8.83. The summed E-state index contributed by atoms with van der Waals surface area (Å²) in [4.78, 5) is 32.4. The number of urea groups is 1. The molecule has 2 heterocycles. The number of methoxy groups -OCH3 is 1. The number of rotatable bonds is 6. The number of imide groups is 1. The minimum Gasteiger partial charge on any atom is -0.497 e. The van der Waals surface area contributed by atoms with Gasteiger partial charge in [-0.05, 0) is 30.5 Å². The fourth-order valence-corrected chi connectivity index (χ4v) is 3.22. The Morgan fingerprint density at radius 2 is 1.96 bits per heavy atom. The number of guanidine groups is 1. The summed E-state index contributed by atoms with van der Waals surface area (Å²) >= 11 is 0. The molecule has 8 nitrogen and oxygen atoms in total. The van der Waals surface area contributed by atoms with Crippen LogP contribution in [0.15, 0.2) is 29.3 Å². The number of aliphatic imine (C=N–C) groups is 1. The number of hydrogen-bond donors (Lipinski definition) is 2. The molecular formula is C18H25N5O3. The summed E-state index contributed by atoms with van der Waals surface area (Å²) in [5.74, 6) is 1.20. The molecule has 2 N–H and O–H groups in total. The van der Waals surface area contributed by atoms with Crippen LogP contribution in [0.4, 0.5) is 4.79 Å². The van der Waals surface area contributed by atoms with Crippen molar-refractivity contribution in [2.45, 2.75) is 32.0 Å². The number of nitrogens with zero attached hydrogens (tertiary/aromatic N) is 3. The maximum Gasteiger partial charge on any atom is 0.325 e. The van der Waals surface area contributed by atoms with Crippen molar-refractivity contribution in [3.05, 3.63) is 29.8 Å². The van der Waals surface area contributed by atoms with Crippen LogP contribution in [0.1, 0.15) is 18.9 Å². The molecule has 0 radical (unpaired) electrons. The number of benzene rings is 1. The Hall–Kier alpha value is -2.77. The molecule has 8 heteroatoms. The lowest BCUT2D eigenvalue weighted by atomic mass is 10.1. The van der Waals surface area contributed by atoms with Gasteiger partial charge in [0.15, 0.2) is 12.0 Å². The smallest absolute Gasteiger partial charge is 0.325 e. The van der Waals surface area contributed by atoms with Gasteiger partial charge in [0.25, 0.3) is 5.91 Å². The number of nitrogens with one attached hydrogen (secondary N) is 2. The van der Waals surface area contributed by atoms with Gasteiger partial charge in [0.05, 0.1) is 7.11 Å². The van der Waals surface area contributed by atoms with Gasteiger partial charge in [-0.2, -0.15) is 0 Å². The third kappa shape index (κ3) is 3.44. The van der Waals surface area contributed by atoms with Gasteiger partial charge in [-0.15, -0.1) is 0 Å². The second-order valence-corrected chi connectivity index (χ2v) is 6.44. The maximum absolute atomic E-state index is 12.4. The van der Waals surface area contributed by atoms with Crippen molar-refractivity contribution in [1.29, 1.82) is 0 Å². The summed E-state index contributed by atoms with van der Waals surface area (Å²) in [5.41, 5.74) is 1.14. The highest BCUT2D eigenvalue weighted by Gasteiger charge is 2.49. The van der Waals surface area contributed by atoms with Crippen LogP contribution >= 0.6 is 0 Å². The third-order valence-electron chi connectivity index (χ3n) is 4.71. The molecule has 2 atom stereocenters. The summed E-state index contributed by atoms with van der Waals surface area (Å²) < 4.78 is 5.19. The summed E-state index contributed by atoms with van der Waals surface area (Å²) in [5, 5.41) is 5.66. The number of carbonyl (C=O) groups is 2. The van der Waals surface area contributed by atoms with Crippen molar-refractivity contribution in [2.24, 2.45) is 4.99 Å². The molecule has 140 valence electrons. The zero-order valence-electron chi connectivity index (χ0n) is 15.4. The first-order valence-electron chi connectivity index (χ1n) is 8.83. The van der Waals surface area contributed by atoms with Gasteiger partial charge in [-0.25, -0.2) is 4.79 Å². The van der Waals surface area contributed by atoms with Gasteiger partial charge in [0.1, 0.15) is 11.9 Å². The van der Waals surface area contributed by atoms with E-state index in [9.17, 15) is 9.59 Å². The average Bonchev–Trinajstić information content (AvgIpc) is 3.02. The van der Waals surface area contributed by atoms with Crippen molar-refractivity contribution >= 4 is 17.9 Å². The number of hydrogen-bond acceptors (Lipinski definition) is 4. The van der Waals surface area contributed by atoms with Crippen LogP contribution in [0.5, 0.6) is 5.75 Å². The summed E-state index contributed by atoms with van der Waals surface area (Å²) in [7, 11) is 3.32. The molecule has 0 aliphatic carbocycles. The molecule has 0 bridgehead atoms. The molecule has 0 spiro atoms. The van der Waals surface area contributed by atoms with Crippen LogP contribution in [0.2, 0.25) is 0 Å². The quantitative estimate of drug-likeness (QED) is 0.784. The Balaban J connectivity index is 1.78. The van der Waals surface area contributed by atoms with Crippen molar-refractivity contribution in [2.75, 3.05) is 27.2 Å². The van der Waals surface area contributed by atoms with Gasteiger partial charge in [0, 0.05) is 20.1 Å². The Kier molecular flexibility index (Phi) is 5.29. The molecule has 3 amide bonds. The molecule has 2 fully saturated rings. The van der Waals surface area contributed by atoms with E-state index >= 15 is 0 Å². The monoisotopic (exact) mass is 359 g/mol. The van der Waals surface area contributed by atoms with Crippen molar-refractivity contribution in [3.63, 3.8) is 0 Å². The topological polar surface area (TPSA) is 86.3 Å². The zero-order valence-corrected chi connectivity index (χ0v) is 15.4. The minimum absolute atomic E-state index is 0.290. The van der Waals surface area contributed by atoms with E-state index in [0.29, 0.717) is 19.0 Å². The molecule has 1 aromatic carbocycles. The predicted molar refractivity (Wildman–Crippen MR) is 98.0 cm³/mol. The van der Waals surface area contributed by atoms with Crippen LogP contribution in [-0.2, 0) is 11.2 Å². The Morgan fingerprint density at radius 3 is 2.62 bits per heavy atom. The van der Waals surface area contributed by atoms with Gasteiger partial charge < -0.3 is 19.9 Å². The van der Waals surface area contributed by atoms with E-state index in [4.69, 9.17) is 4.74 Å². The Bertz CT molecular complexity index is 703. The lowest BCUT2D eigenvalue weighted by molar-refractivity contribution is -0.127. The Morgan fingerprint density at radius 1 is 1.23 bits per heavy atom. The van der Waals surface area contributed by atoms with Crippen molar-refractivity contribution < 1.29 is 14.3 Å². The van der Waals surface area contributed by atoms with E-state index in [0.717, 1.165) is 24.2 Å². The number of ether oxygens (including phenoxy) is 1. The van der Waals surface area contributed by atoms with Crippen LogP contribution in [-0.4, -0.2) is 67.2 Å². The molecule has 0 aromatic heterocycles. The first-order chi connectivity index (χ1) is 12.5. The van der Waals surface area contributed by atoms with E-state index < -0.39 is 18.2 Å². The second kappa shape index (κ2) is 7.63. The van der Waals surface area contributed by atoms with Crippen LogP contribution in [0, 0.1) is 0 Å². The van der Waals surface area contributed by atoms with Crippen molar-refractivity contribution in [1.82, 2.24) is 20.4 Å². The number of amides is 3. The highest BCUT2D eigenvalue weighted by atomic mass is 16.5. The molecule has 1 aromatic rings. The van der Waals surface area contributed by atoms with Gasteiger partial charge >= 0.3 is 6.03 Å². The summed E-state index contributed by atoms with van der Waals surface area (Å²) in [6.07, 6.45) is 1.27. The molecule has 2 saturated heterocycles. The SMILES string of the molecule is CCCN=C1NC2C(C(=O)NC(=O)N2C)N1CCc1ccc(OC)cc1. The third-order valence-corrected chi connectivity index (χ3v) is 4.71. The van der Waals surface area contributed by atoms with Gasteiger partial charge in [-0.3, -0.25) is 15.1 Å².